The van der Waals surface area contributed by atoms with E-state index in [0.29, 0.717) is 0 Å². The summed E-state index contributed by atoms with van der Waals surface area (Å²) in [5.41, 5.74) is 1.04. The first-order valence-electron chi connectivity index (χ1n) is 4.61. The van der Waals surface area contributed by atoms with Crippen molar-refractivity contribution in [1.82, 2.24) is 5.32 Å². The molecule has 0 aromatic heterocycles. The van der Waals surface area contributed by atoms with E-state index in [9.17, 15) is 0 Å². The zero-order valence-corrected chi connectivity index (χ0v) is 9.20. The van der Waals surface area contributed by atoms with Crippen LogP contribution in [-0.4, -0.2) is 5.54 Å². The van der Waals surface area contributed by atoms with Gasteiger partial charge in [-0.2, -0.15) is 0 Å². The molecule has 0 amide bonds. The van der Waals surface area contributed by atoms with Crippen LogP contribution in [0.15, 0.2) is 24.9 Å². The van der Waals surface area contributed by atoms with Gasteiger partial charge in [0.05, 0.1) is 0 Å². The van der Waals surface area contributed by atoms with E-state index in [1.54, 1.807) is 6.08 Å². The van der Waals surface area contributed by atoms with E-state index < -0.39 is 0 Å². The summed E-state index contributed by atoms with van der Waals surface area (Å²) in [5, 5.41) is 3.24. The molecule has 0 bridgehead atoms. The molecule has 0 saturated carbocycles. The number of rotatable bonds is 4. The first-order chi connectivity index (χ1) is 5.52. The average molecular weight is 169 g/mol. The Morgan fingerprint density at radius 3 is 2.08 bits per heavy atom. The van der Waals surface area contributed by atoms with E-state index in [0.717, 1.165) is 12.1 Å². The zero-order valence-electron chi connectivity index (χ0n) is 9.20. The fraction of sp³-hybridized carbons (Fsp3) is 0.636. The Balaban J connectivity index is 0. The van der Waals surface area contributed by atoms with E-state index in [4.69, 9.17) is 0 Å². The molecule has 1 heteroatoms. The molecule has 12 heavy (non-hydrogen) atoms. The molecule has 0 aromatic carbocycles. The SMILES string of the molecule is C=CC(=C)NC(C)(C)CC.CC. The monoisotopic (exact) mass is 169 g/mol. The first-order valence-corrected chi connectivity index (χ1v) is 4.61. The van der Waals surface area contributed by atoms with E-state index in [1.807, 2.05) is 13.8 Å². The zero-order chi connectivity index (χ0) is 10.2. The van der Waals surface area contributed by atoms with Gasteiger partial charge < -0.3 is 5.32 Å². The van der Waals surface area contributed by atoms with Crippen LogP contribution in [0.25, 0.3) is 0 Å². The van der Waals surface area contributed by atoms with Gasteiger partial charge in [0, 0.05) is 11.2 Å². The van der Waals surface area contributed by atoms with Crippen molar-refractivity contribution in [2.24, 2.45) is 0 Å². The largest absolute Gasteiger partial charge is 0.381 e. The minimum atomic E-state index is 0.144. The van der Waals surface area contributed by atoms with E-state index >= 15 is 0 Å². The Kier molecular flexibility index (Phi) is 8.03. The molecule has 1 N–H and O–H groups in total. The second kappa shape index (κ2) is 6.96. The van der Waals surface area contributed by atoms with Gasteiger partial charge in [0.1, 0.15) is 0 Å². The molecular formula is C11H23N. The number of allylic oxidation sites excluding steroid dienone is 1. The van der Waals surface area contributed by atoms with E-state index in [-0.39, 0.29) is 5.54 Å². The van der Waals surface area contributed by atoms with Gasteiger partial charge in [0.15, 0.2) is 0 Å². The number of hydrogen-bond acceptors (Lipinski definition) is 1. The van der Waals surface area contributed by atoms with Crippen LogP contribution in [0, 0.1) is 0 Å². The molecule has 0 unspecified atom stereocenters. The molecule has 0 radical (unpaired) electrons. The second-order valence-electron chi connectivity index (χ2n) is 3.09. The predicted octanol–water partition coefficient (Wildman–Crippen LogP) is 3.49. The molecule has 0 rings (SSSR count). The molecular weight excluding hydrogens is 146 g/mol. The molecule has 0 aromatic rings. The van der Waals surface area contributed by atoms with Crippen LogP contribution in [-0.2, 0) is 0 Å². The van der Waals surface area contributed by atoms with Gasteiger partial charge >= 0.3 is 0 Å². The molecule has 0 aliphatic carbocycles. The van der Waals surface area contributed by atoms with Crippen molar-refractivity contribution in [3.63, 3.8) is 0 Å². The van der Waals surface area contributed by atoms with E-state index in [2.05, 4.69) is 39.2 Å². The Bertz CT molecular complexity index is 134. The highest BCUT2D eigenvalue weighted by atomic mass is 15.0. The van der Waals surface area contributed by atoms with Gasteiger partial charge in [-0.3, -0.25) is 0 Å². The highest BCUT2D eigenvalue weighted by Gasteiger charge is 2.12. The van der Waals surface area contributed by atoms with Crippen molar-refractivity contribution in [3.05, 3.63) is 24.9 Å². The van der Waals surface area contributed by atoms with Gasteiger partial charge in [0.2, 0.25) is 0 Å². The Morgan fingerprint density at radius 1 is 1.42 bits per heavy atom. The average Bonchev–Trinajstić information content (AvgIpc) is 2.07. The minimum absolute atomic E-state index is 0.144. The highest BCUT2D eigenvalue weighted by Crippen LogP contribution is 2.08. The second-order valence-corrected chi connectivity index (χ2v) is 3.09. The summed E-state index contributed by atoms with van der Waals surface area (Å²) in [4.78, 5) is 0. The molecule has 0 fully saturated rings. The maximum Gasteiger partial charge on any atom is 0.0314 e. The summed E-state index contributed by atoms with van der Waals surface area (Å²) in [7, 11) is 0. The van der Waals surface area contributed by atoms with Crippen LogP contribution in [0.2, 0.25) is 0 Å². The standard InChI is InChI=1S/C9H17N.C2H6/c1-6-8(3)10-9(4,5)7-2;1-2/h6,10H,1,3,7H2,2,4-5H3;1-2H3. The molecule has 0 aliphatic rings. The van der Waals surface area contributed by atoms with Crippen LogP contribution in [0.5, 0.6) is 0 Å². The lowest BCUT2D eigenvalue weighted by Gasteiger charge is -2.25. The normalized spacial score (nSPS) is 9.42. The summed E-state index contributed by atoms with van der Waals surface area (Å²) < 4.78 is 0. The third-order valence-corrected chi connectivity index (χ3v) is 1.63. The van der Waals surface area contributed by atoms with Crippen LogP contribution in [0.1, 0.15) is 41.0 Å². The molecule has 72 valence electrons. The Hall–Kier alpha value is -0.720. The van der Waals surface area contributed by atoms with Gasteiger partial charge in [-0.25, -0.2) is 0 Å². The maximum atomic E-state index is 3.78. The third-order valence-electron chi connectivity index (χ3n) is 1.63. The minimum Gasteiger partial charge on any atom is -0.381 e. The van der Waals surface area contributed by atoms with Gasteiger partial charge in [0.25, 0.3) is 0 Å². The lowest BCUT2D eigenvalue weighted by Crippen LogP contribution is -2.36. The smallest absolute Gasteiger partial charge is 0.0314 e. The van der Waals surface area contributed by atoms with Gasteiger partial charge in [-0.05, 0) is 26.3 Å². The topological polar surface area (TPSA) is 12.0 Å². The molecule has 0 aliphatic heterocycles. The summed E-state index contributed by atoms with van der Waals surface area (Å²) in [5.74, 6) is 0. The molecule has 1 nitrogen and oxygen atoms in total. The van der Waals surface area contributed by atoms with Crippen LogP contribution < -0.4 is 5.32 Å². The van der Waals surface area contributed by atoms with Crippen molar-refractivity contribution >= 4 is 0 Å². The van der Waals surface area contributed by atoms with Crippen molar-refractivity contribution in [3.8, 4) is 0 Å². The highest BCUT2D eigenvalue weighted by molar-refractivity contribution is 5.10. The lowest BCUT2D eigenvalue weighted by atomic mass is 10.0. The summed E-state index contributed by atoms with van der Waals surface area (Å²) in [6.07, 6.45) is 2.82. The predicted molar refractivity (Wildman–Crippen MR) is 58.2 cm³/mol. The molecule has 0 heterocycles. The summed E-state index contributed by atoms with van der Waals surface area (Å²) in [6.45, 7) is 17.8. The van der Waals surface area contributed by atoms with Crippen LogP contribution in [0.3, 0.4) is 0 Å². The van der Waals surface area contributed by atoms with Crippen molar-refractivity contribution in [1.29, 1.82) is 0 Å². The van der Waals surface area contributed by atoms with Crippen molar-refractivity contribution in [2.75, 3.05) is 0 Å². The maximum absolute atomic E-state index is 3.78. The van der Waals surface area contributed by atoms with Crippen molar-refractivity contribution in [2.45, 2.75) is 46.6 Å². The Labute approximate surface area is 77.6 Å². The first kappa shape index (κ1) is 13.8. The number of hydrogen-bond donors (Lipinski definition) is 1. The van der Waals surface area contributed by atoms with Crippen molar-refractivity contribution < 1.29 is 0 Å². The fourth-order valence-electron chi connectivity index (χ4n) is 0.574. The lowest BCUT2D eigenvalue weighted by molar-refractivity contribution is 0.420. The Morgan fingerprint density at radius 2 is 1.83 bits per heavy atom. The summed E-state index contributed by atoms with van der Waals surface area (Å²) >= 11 is 0. The number of nitrogens with one attached hydrogen (secondary N) is 1. The molecule has 0 saturated heterocycles. The van der Waals surface area contributed by atoms with Gasteiger partial charge in [-0.1, -0.05) is 33.9 Å². The third kappa shape index (κ3) is 7.39. The van der Waals surface area contributed by atoms with Crippen LogP contribution in [0.4, 0.5) is 0 Å². The quantitative estimate of drug-likeness (QED) is 0.635. The fourth-order valence-corrected chi connectivity index (χ4v) is 0.574. The van der Waals surface area contributed by atoms with E-state index in [1.165, 1.54) is 0 Å². The van der Waals surface area contributed by atoms with Gasteiger partial charge in [-0.15, -0.1) is 0 Å². The van der Waals surface area contributed by atoms with Crippen LogP contribution >= 0.6 is 0 Å². The molecule has 0 spiro atoms. The molecule has 0 atom stereocenters. The summed E-state index contributed by atoms with van der Waals surface area (Å²) in [6, 6.07) is 0.